The Morgan fingerprint density at radius 3 is 2.00 bits per heavy atom. The lowest BCUT2D eigenvalue weighted by molar-refractivity contribution is -0.143. The summed E-state index contributed by atoms with van der Waals surface area (Å²) in [6, 6.07) is 3.11. The zero-order valence-corrected chi connectivity index (χ0v) is 15.8. The van der Waals surface area contributed by atoms with Gasteiger partial charge in [0.25, 0.3) is 0 Å². The molecule has 0 bridgehead atoms. The molecule has 0 fully saturated rings. The lowest BCUT2D eigenvalue weighted by Crippen LogP contribution is -2.51. The number of anilines is 1. The monoisotopic (exact) mass is 385 g/mol. The maximum atomic E-state index is 12.3. The number of hydrogen-bond acceptors (Lipinski definition) is 5. The molecule has 2 amide bonds. The minimum Gasteiger partial charge on any atom is -0.480 e. The van der Waals surface area contributed by atoms with Crippen LogP contribution < -0.4 is 15.4 Å². The number of carbonyl (C=O) groups is 3. The van der Waals surface area contributed by atoms with Crippen molar-refractivity contribution in [1.29, 1.82) is 0 Å². The van der Waals surface area contributed by atoms with E-state index in [1.165, 1.54) is 38.1 Å². The number of benzene rings is 1. The summed E-state index contributed by atoms with van der Waals surface area (Å²) in [5.74, 6) is -2.59. The molecule has 0 aliphatic carbocycles. The summed E-state index contributed by atoms with van der Waals surface area (Å²) in [5, 5.41) is 13.9. The molecule has 144 valence electrons. The Morgan fingerprint density at radius 1 is 1.04 bits per heavy atom. The minimum absolute atomic E-state index is 0.0927. The summed E-state index contributed by atoms with van der Waals surface area (Å²) in [6.45, 7) is 5.90. The van der Waals surface area contributed by atoms with Gasteiger partial charge in [0.1, 0.15) is 6.04 Å². The summed E-state index contributed by atoms with van der Waals surface area (Å²) < 4.78 is 26.9. The minimum atomic E-state index is -4.00. The van der Waals surface area contributed by atoms with Crippen molar-refractivity contribution < 1.29 is 27.9 Å². The van der Waals surface area contributed by atoms with E-state index < -0.39 is 34.0 Å². The molecule has 0 saturated carbocycles. The van der Waals surface area contributed by atoms with E-state index in [4.69, 9.17) is 5.11 Å². The van der Waals surface area contributed by atoms with Crippen LogP contribution in [0.2, 0.25) is 0 Å². The number of carboxylic acid groups (broad SMARTS) is 1. The van der Waals surface area contributed by atoms with Gasteiger partial charge in [0.2, 0.25) is 21.8 Å². The van der Waals surface area contributed by atoms with Gasteiger partial charge in [-0.25, -0.2) is 13.2 Å². The summed E-state index contributed by atoms with van der Waals surface area (Å²) in [4.78, 5) is 34.1. The second-order valence-electron chi connectivity index (χ2n) is 6.12. The predicted molar refractivity (Wildman–Crippen MR) is 94.9 cm³/mol. The Labute approximate surface area is 152 Å². The Kier molecular flexibility index (Phi) is 7.28. The second-order valence-corrected chi connectivity index (χ2v) is 7.83. The van der Waals surface area contributed by atoms with E-state index in [9.17, 15) is 22.8 Å². The Bertz CT molecular complexity index is 774. The number of sulfonamides is 1. The fourth-order valence-electron chi connectivity index (χ4n) is 2.07. The van der Waals surface area contributed by atoms with Gasteiger partial charge in [0.15, 0.2) is 0 Å². The topological polar surface area (TPSA) is 142 Å². The summed E-state index contributed by atoms with van der Waals surface area (Å²) in [5.41, 5.74) is 0.434. The van der Waals surface area contributed by atoms with Crippen molar-refractivity contribution >= 4 is 33.5 Å². The molecular formula is C16H23N3O6S. The molecule has 0 spiro atoms. The average molecular weight is 385 g/mol. The van der Waals surface area contributed by atoms with Crippen LogP contribution in [0.15, 0.2) is 29.2 Å². The molecular weight excluding hydrogens is 362 g/mol. The van der Waals surface area contributed by atoms with Gasteiger partial charge in [-0.05, 0) is 37.1 Å². The van der Waals surface area contributed by atoms with Crippen molar-refractivity contribution in [2.75, 3.05) is 5.32 Å². The Hall–Kier alpha value is -2.46. The van der Waals surface area contributed by atoms with E-state index in [1.54, 1.807) is 13.8 Å². The second kappa shape index (κ2) is 8.77. The molecule has 0 aliphatic rings. The van der Waals surface area contributed by atoms with Crippen LogP contribution in [-0.4, -0.2) is 43.4 Å². The van der Waals surface area contributed by atoms with Gasteiger partial charge < -0.3 is 15.7 Å². The SMILES string of the molecule is CC(=O)Nc1ccc(S(=O)(=O)NC(C)C(=O)NC(C(=O)O)C(C)C)cc1. The van der Waals surface area contributed by atoms with Crippen LogP contribution in [-0.2, 0) is 24.4 Å². The van der Waals surface area contributed by atoms with Gasteiger partial charge >= 0.3 is 5.97 Å². The third-order valence-electron chi connectivity index (χ3n) is 3.44. The van der Waals surface area contributed by atoms with Crippen LogP contribution in [0.1, 0.15) is 27.7 Å². The van der Waals surface area contributed by atoms with Crippen LogP contribution in [0.4, 0.5) is 5.69 Å². The van der Waals surface area contributed by atoms with Gasteiger partial charge in [0.05, 0.1) is 10.9 Å². The number of hydrogen-bond donors (Lipinski definition) is 4. The van der Waals surface area contributed by atoms with Gasteiger partial charge in [-0.1, -0.05) is 13.8 Å². The molecule has 9 nitrogen and oxygen atoms in total. The van der Waals surface area contributed by atoms with E-state index >= 15 is 0 Å². The molecule has 2 unspecified atom stereocenters. The number of nitrogens with one attached hydrogen (secondary N) is 3. The normalized spacial score (nSPS) is 13.7. The van der Waals surface area contributed by atoms with Gasteiger partial charge in [-0.3, -0.25) is 9.59 Å². The zero-order chi connectivity index (χ0) is 20.1. The first kappa shape index (κ1) is 21.6. The van der Waals surface area contributed by atoms with Crippen LogP contribution in [0.3, 0.4) is 0 Å². The van der Waals surface area contributed by atoms with Crippen molar-refractivity contribution in [3.8, 4) is 0 Å². The molecule has 0 radical (unpaired) electrons. The molecule has 2 atom stereocenters. The highest BCUT2D eigenvalue weighted by molar-refractivity contribution is 7.89. The first-order valence-corrected chi connectivity index (χ1v) is 9.35. The number of aliphatic carboxylic acids is 1. The van der Waals surface area contributed by atoms with E-state index in [-0.39, 0.29) is 16.7 Å². The van der Waals surface area contributed by atoms with Crippen LogP contribution in [0.5, 0.6) is 0 Å². The van der Waals surface area contributed by atoms with E-state index in [0.29, 0.717) is 5.69 Å². The van der Waals surface area contributed by atoms with Crippen molar-refractivity contribution in [3.63, 3.8) is 0 Å². The molecule has 0 aromatic heterocycles. The van der Waals surface area contributed by atoms with E-state index in [1.807, 2.05) is 0 Å². The third-order valence-corrected chi connectivity index (χ3v) is 5.00. The molecule has 0 aliphatic heterocycles. The van der Waals surface area contributed by atoms with Crippen molar-refractivity contribution in [3.05, 3.63) is 24.3 Å². The summed E-state index contributed by atoms with van der Waals surface area (Å²) >= 11 is 0. The Morgan fingerprint density at radius 2 is 1.58 bits per heavy atom. The van der Waals surface area contributed by atoms with E-state index in [2.05, 4.69) is 15.4 Å². The van der Waals surface area contributed by atoms with Gasteiger partial charge in [-0.15, -0.1) is 0 Å². The van der Waals surface area contributed by atoms with Crippen LogP contribution in [0, 0.1) is 5.92 Å². The first-order chi connectivity index (χ1) is 11.9. The molecule has 10 heteroatoms. The molecule has 26 heavy (non-hydrogen) atoms. The highest BCUT2D eigenvalue weighted by Gasteiger charge is 2.28. The van der Waals surface area contributed by atoms with Crippen LogP contribution >= 0.6 is 0 Å². The molecule has 4 N–H and O–H groups in total. The molecule has 0 saturated heterocycles. The first-order valence-electron chi connectivity index (χ1n) is 7.87. The fraction of sp³-hybridized carbons (Fsp3) is 0.438. The van der Waals surface area contributed by atoms with Crippen molar-refractivity contribution in [2.45, 2.75) is 44.7 Å². The predicted octanol–water partition coefficient (Wildman–Crippen LogP) is 0.537. The highest BCUT2D eigenvalue weighted by atomic mass is 32.2. The van der Waals surface area contributed by atoms with Crippen LogP contribution in [0.25, 0.3) is 0 Å². The maximum absolute atomic E-state index is 12.3. The summed E-state index contributed by atoms with van der Waals surface area (Å²) in [6.07, 6.45) is 0. The van der Waals surface area contributed by atoms with Crippen molar-refractivity contribution in [1.82, 2.24) is 10.0 Å². The van der Waals surface area contributed by atoms with Gasteiger partial charge in [0, 0.05) is 12.6 Å². The number of amides is 2. The lowest BCUT2D eigenvalue weighted by atomic mass is 10.0. The number of rotatable bonds is 8. The van der Waals surface area contributed by atoms with Gasteiger partial charge in [-0.2, -0.15) is 4.72 Å². The third kappa shape index (κ3) is 6.12. The van der Waals surface area contributed by atoms with Crippen molar-refractivity contribution in [2.24, 2.45) is 5.92 Å². The number of carbonyl (C=O) groups excluding carboxylic acids is 2. The largest absolute Gasteiger partial charge is 0.480 e. The van der Waals surface area contributed by atoms with E-state index in [0.717, 1.165) is 0 Å². The molecule has 1 aromatic rings. The lowest BCUT2D eigenvalue weighted by Gasteiger charge is -2.21. The zero-order valence-electron chi connectivity index (χ0n) is 14.9. The smallest absolute Gasteiger partial charge is 0.326 e. The molecule has 0 heterocycles. The number of carboxylic acids is 1. The highest BCUT2D eigenvalue weighted by Crippen LogP contribution is 2.14. The average Bonchev–Trinajstić information content (AvgIpc) is 2.51. The Balaban J connectivity index is 2.83. The fourth-order valence-corrected chi connectivity index (χ4v) is 3.27. The quantitative estimate of drug-likeness (QED) is 0.514. The maximum Gasteiger partial charge on any atom is 0.326 e. The molecule has 1 rings (SSSR count). The standard InChI is InChI=1S/C16H23N3O6S/c1-9(2)14(16(22)23)18-15(21)10(3)19-26(24,25)13-7-5-12(6-8-13)17-11(4)20/h5-10,14,19H,1-4H3,(H,17,20)(H,18,21)(H,22,23). The summed E-state index contributed by atoms with van der Waals surface area (Å²) in [7, 11) is -4.00. The molecule has 1 aromatic carbocycles.